The lowest BCUT2D eigenvalue weighted by Crippen LogP contribution is -2.01. The molecule has 1 aromatic heterocycles. The number of nitrogens with one attached hydrogen (secondary N) is 1. The summed E-state index contributed by atoms with van der Waals surface area (Å²) in [6.07, 6.45) is 2.40. The number of rotatable bonds is 5. The molecule has 6 nitrogen and oxygen atoms in total. The van der Waals surface area contributed by atoms with Crippen molar-refractivity contribution in [2.75, 3.05) is 5.32 Å². The minimum absolute atomic E-state index is 0.157. The molecule has 0 aliphatic carbocycles. The summed E-state index contributed by atoms with van der Waals surface area (Å²) >= 11 is 12.0. The number of anilines is 1. The van der Waals surface area contributed by atoms with E-state index in [-0.39, 0.29) is 22.3 Å². The van der Waals surface area contributed by atoms with Crippen LogP contribution in [0.15, 0.2) is 22.7 Å². The molecule has 0 saturated heterocycles. The maximum atomic E-state index is 10.7. The van der Waals surface area contributed by atoms with Gasteiger partial charge < -0.3 is 9.73 Å². The first-order valence-corrected chi connectivity index (χ1v) is 6.57. The monoisotopic (exact) mass is 315 g/mol. The minimum atomic E-state index is -0.552. The number of halogens is 2. The van der Waals surface area contributed by atoms with Gasteiger partial charge in [-0.2, -0.15) is 0 Å². The van der Waals surface area contributed by atoms with Crippen molar-refractivity contribution in [1.82, 2.24) is 4.98 Å². The molecule has 1 N–H and O–H groups in total. The van der Waals surface area contributed by atoms with Crippen LogP contribution >= 0.6 is 23.2 Å². The number of nitro groups is 1. The van der Waals surface area contributed by atoms with Crippen molar-refractivity contribution in [2.24, 2.45) is 0 Å². The van der Waals surface area contributed by atoms with Gasteiger partial charge in [0.2, 0.25) is 5.89 Å². The first-order chi connectivity index (χ1) is 9.51. The van der Waals surface area contributed by atoms with E-state index in [4.69, 9.17) is 27.6 Å². The highest BCUT2D eigenvalue weighted by atomic mass is 35.5. The van der Waals surface area contributed by atoms with Gasteiger partial charge in [-0.05, 0) is 0 Å². The Hall–Kier alpha value is -1.79. The van der Waals surface area contributed by atoms with Gasteiger partial charge in [0.05, 0.1) is 33.4 Å². The highest BCUT2D eigenvalue weighted by Gasteiger charge is 2.15. The molecular weight excluding hydrogens is 305 g/mol. The molecule has 0 radical (unpaired) electrons. The van der Waals surface area contributed by atoms with Crippen LogP contribution in [0, 0.1) is 10.1 Å². The molecule has 2 rings (SSSR count). The number of hydrogen-bond donors (Lipinski definition) is 1. The van der Waals surface area contributed by atoms with Crippen LogP contribution in [-0.2, 0) is 13.0 Å². The lowest BCUT2D eigenvalue weighted by molar-refractivity contribution is -0.384. The van der Waals surface area contributed by atoms with Crippen LogP contribution in [0.5, 0.6) is 0 Å². The summed E-state index contributed by atoms with van der Waals surface area (Å²) in [4.78, 5) is 14.2. The highest BCUT2D eigenvalue weighted by Crippen LogP contribution is 2.34. The lowest BCUT2D eigenvalue weighted by Gasteiger charge is -2.08. The van der Waals surface area contributed by atoms with Gasteiger partial charge in [0.25, 0.3) is 5.69 Å². The van der Waals surface area contributed by atoms with Crippen LogP contribution in [0.1, 0.15) is 18.6 Å². The first-order valence-electron chi connectivity index (χ1n) is 5.82. The summed E-state index contributed by atoms with van der Waals surface area (Å²) in [5.41, 5.74) is 0.255. The molecule has 0 unspecified atom stereocenters. The number of aryl methyl sites for hydroxylation is 1. The third kappa shape index (κ3) is 3.20. The second-order valence-corrected chi connectivity index (χ2v) is 4.78. The maximum absolute atomic E-state index is 10.7. The first kappa shape index (κ1) is 14.6. The van der Waals surface area contributed by atoms with E-state index in [2.05, 4.69) is 10.3 Å². The Morgan fingerprint density at radius 1 is 1.40 bits per heavy atom. The van der Waals surface area contributed by atoms with Gasteiger partial charge in [0.15, 0.2) is 0 Å². The van der Waals surface area contributed by atoms with Gasteiger partial charge in [-0.1, -0.05) is 30.1 Å². The average molecular weight is 316 g/mol. The van der Waals surface area contributed by atoms with Crippen LogP contribution < -0.4 is 5.32 Å². The van der Waals surface area contributed by atoms with Crippen LogP contribution in [0.3, 0.4) is 0 Å². The zero-order chi connectivity index (χ0) is 14.7. The van der Waals surface area contributed by atoms with Crippen molar-refractivity contribution >= 4 is 34.6 Å². The van der Waals surface area contributed by atoms with Gasteiger partial charge in [-0.3, -0.25) is 10.1 Å². The van der Waals surface area contributed by atoms with Crippen molar-refractivity contribution in [3.05, 3.63) is 50.1 Å². The topological polar surface area (TPSA) is 81.2 Å². The third-order valence-corrected chi connectivity index (χ3v) is 3.20. The zero-order valence-corrected chi connectivity index (χ0v) is 12.0. The lowest BCUT2D eigenvalue weighted by atomic mass is 10.2. The molecule has 106 valence electrons. The summed E-state index contributed by atoms with van der Waals surface area (Å²) in [6.45, 7) is 2.25. The average Bonchev–Trinajstić information content (AvgIpc) is 2.85. The number of nitro benzene ring substituents is 1. The molecule has 1 aromatic carbocycles. The molecule has 2 aromatic rings. The maximum Gasteiger partial charge on any atom is 0.272 e. The Labute approximate surface area is 124 Å². The number of nitrogens with zero attached hydrogens (tertiary/aromatic N) is 2. The van der Waals surface area contributed by atoms with E-state index >= 15 is 0 Å². The van der Waals surface area contributed by atoms with E-state index in [1.807, 2.05) is 6.92 Å². The van der Waals surface area contributed by atoms with Crippen molar-refractivity contribution in [2.45, 2.75) is 19.9 Å². The molecule has 0 bridgehead atoms. The molecule has 0 amide bonds. The molecule has 0 spiro atoms. The minimum Gasteiger partial charge on any atom is -0.444 e. The van der Waals surface area contributed by atoms with E-state index in [1.54, 1.807) is 6.20 Å². The van der Waals surface area contributed by atoms with E-state index in [0.29, 0.717) is 11.6 Å². The second-order valence-electron chi connectivity index (χ2n) is 3.97. The summed E-state index contributed by atoms with van der Waals surface area (Å²) in [5.74, 6) is 1.27. The quantitative estimate of drug-likeness (QED) is 0.664. The van der Waals surface area contributed by atoms with E-state index in [0.717, 1.165) is 12.2 Å². The smallest absolute Gasteiger partial charge is 0.272 e. The number of benzene rings is 1. The van der Waals surface area contributed by atoms with Crippen LogP contribution in [0.25, 0.3) is 0 Å². The molecule has 1 heterocycles. The predicted octanol–water partition coefficient (Wildman–Crippen LogP) is 4.06. The predicted molar refractivity (Wildman–Crippen MR) is 76.3 cm³/mol. The number of hydrogen-bond acceptors (Lipinski definition) is 5. The highest BCUT2D eigenvalue weighted by molar-refractivity contribution is 6.39. The molecule has 8 heteroatoms. The summed E-state index contributed by atoms with van der Waals surface area (Å²) < 4.78 is 5.43. The summed E-state index contributed by atoms with van der Waals surface area (Å²) in [5, 5.41) is 14.0. The van der Waals surface area contributed by atoms with Gasteiger partial charge in [0, 0.05) is 18.6 Å². The Kier molecular flexibility index (Phi) is 4.46. The van der Waals surface area contributed by atoms with Crippen LogP contribution in [0.4, 0.5) is 11.4 Å². The van der Waals surface area contributed by atoms with Crippen molar-refractivity contribution < 1.29 is 9.34 Å². The fourth-order valence-electron chi connectivity index (χ4n) is 1.59. The largest absolute Gasteiger partial charge is 0.444 e. The Morgan fingerprint density at radius 2 is 2.05 bits per heavy atom. The molecule has 0 saturated carbocycles. The van der Waals surface area contributed by atoms with Crippen molar-refractivity contribution in [3.63, 3.8) is 0 Å². The Bertz CT molecular complexity index is 620. The Morgan fingerprint density at radius 3 is 2.55 bits per heavy atom. The fraction of sp³-hybridized carbons (Fsp3) is 0.250. The molecule has 0 aliphatic heterocycles. The normalized spacial score (nSPS) is 10.6. The molecule has 0 fully saturated rings. The van der Waals surface area contributed by atoms with Gasteiger partial charge in [-0.25, -0.2) is 4.98 Å². The second kappa shape index (κ2) is 6.11. The summed E-state index contributed by atoms with van der Waals surface area (Å²) in [6, 6.07) is 2.48. The number of aromatic nitrogens is 1. The Balaban J connectivity index is 2.15. The number of non-ortho nitro benzene ring substituents is 1. The van der Waals surface area contributed by atoms with Crippen molar-refractivity contribution in [1.29, 1.82) is 0 Å². The van der Waals surface area contributed by atoms with Crippen molar-refractivity contribution in [3.8, 4) is 0 Å². The molecular formula is C12H11Cl2N3O3. The standard InChI is InChI=1S/C12H11Cl2N3O3/c1-2-8-5-15-11(20-8)6-16-12-9(13)3-7(17(18)19)4-10(12)14/h3-5,16H,2,6H2,1H3. The fourth-order valence-corrected chi connectivity index (χ4v) is 2.20. The third-order valence-electron chi connectivity index (χ3n) is 2.60. The van der Waals surface area contributed by atoms with E-state index in [9.17, 15) is 10.1 Å². The van der Waals surface area contributed by atoms with Crippen LogP contribution in [0.2, 0.25) is 10.0 Å². The van der Waals surface area contributed by atoms with Gasteiger partial charge in [-0.15, -0.1) is 0 Å². The van der Waals surface area contributed by atoms with Gasteiger partial charge in [0.1, 0.15) is 5.76 Å². The molecule has 20 heavy (non-hydrogen) atoms. The number of oxazole rings is 1. The van der Waals surface area contributed by atoms with Crippen LogP contribution in [-0.4, -0.2) is 9.91 Å². The molecule has 0 atom stereocenters. The van der Waals surface area contributed by atoms with Gasteiger partial charge >= 0.3 is 0 Å². The SMILES string of the molecule is CCc1cnc(CNc2c(Cl)cc([N+](=O)[O-])cc2Cl)o1. The summed E-state index contributed by atoms with van der Waals surface area (Å²) in [7, 11) is 0. The zero-order valence-electron chi connectivity index (χ0n) is 10.5. The van der Waals surface area contributed by atoms with E-state index in [1.165, 1.54) is 12.1 Å². The van der Waals surface area contributed by atoms with E-state index < -0.39 is 4.92 Å². The molecule has 0 aliphatic rings.